The zero-order valence-electron chi connectivity index (χ0n) is 11.7. The van der Waals surface area contributed by atoms with Gasteiger partial charge >= 0.3 is 0 Å². The van der Waals surface area contributed by atoms with Crippen molar-refractivity contribution < 1.29 is 4.79 Å². The maximum absolute atomic E-state index is 12.2. The summed E-state index contributed by atoms with van der Waals surface area (Å²) in [5.74, 6) is 0.489. The number of amides is 1. The predicted octanol–water partition coefficient (Wildman–Crippen LogP) is 2.82. The summed E-state index contributed by atoms with van der Waals surface area (Å²) >= 11 is 1.65. The van der Waals surface area contributed by atoms with Gasteiger partial charge in [0.2, 0.25) is 0 Å². The summed E-state index contributed by atoms with van der Waals surface area (Å²) in [5.41, 5.74) is 0.853. The fourth-order valence-electron chi connectivity index (χ4n) is 2.24. The van der Waals surface area contributed by atoms with Crippen molar-refractivity contribution in [2.45, 2.75) is 32.4 Å². The molecule has 1 amide bonds. The van der Waals surface area contributed by atoms with Gasteiger partial charge < -0.3 is 5.32 Å². The molecule has 3 rings (SSSR count). The first kappa shape index (κ1) is 13.1. The first-order valence-corrected chi connectivity index (χ1v) is 7.45. The van der Waals surface area contributed by atoms with Crippen molar-refractivity contribution in [1.29, 1.82) is 0 Å². The van der Waals surface area contributed by atoms with Crippen molar-refractivity contribution in [3.8, 4) is 0 Å². The first-order valence-electron chi connectivity index (χ1n) is 6.57. The number of nitrogens with zero attached hydrogens (tertiary/aromatic N) is 1. The van der Waals surface area contributed by atoms with Gasteiger partial charge in [0.1, 0.15) is 0 Å². The molecule has 0 saturated carbocycles. The molecule has 0 saturated heterocycles. The lowest BCUT2D eigenvalue weighted by Gasteiger charge is -2.21. The van der Waals surface area contributed by atoms with Gasteiger partial charge in [-0.25, -0.2) is 4.99 Å². The largest absolute Gasteiger partial charge is 0.351 e. The molecule has 0 fully saturated rings. The molecule has 0 radical (unpaired) electrons. The van der Waals surface area contributed by atoms with Crippen molar-refractivity contribution in [1.82, 2.24) is 10.6 Å². The molecule has 0 spiro atoms. The van der Waals surface area contributed by atoms with Gasteiger partial charge in [-0.15, -0.1) is 11.3 Å². The van der Waals surface area contributed by atoms with Crippen molar-refractivity contribution in [3.63, 3.8) is 0 Å². The van der Waals surface area contributed by atoms with E-state index in [9.17, 15) is 4.79 Å². The Morgan fingerprint density at radius 1 is 1.30 bits per heavy atom. The molecule has 4 nitrogen and oxygen atoms in total. The second-order valence-electron chi connectivity index (χ2n) is 5.93. The molecule has 0 aliphatic carbocycles. The van der Waals surface area contributed by atoms with Gasteiger partial charge in [0.05, 0.1) is 0 Å². The van der Waals surface area contributed by atoms with E-state index in [2.05, 4.69) is 21.7 Å². The fourth-order valence-corrected chi connectivity index (χ4v) is 3.22. The van der Waals surface area contributed by atoms with Crippen LogP contribution in [0.3, 0.4) is 0 Å². The molecule has 1 aromatic carbocycles. The number of benzene rings is 1. The molecular formula is C15H17N3OS. The third-order valence-corrected chi connectivity index (χ3v) is 4.03. The van der Waals surface area contributed by atoms with Crippen LogP contribution in [-0.2, 0) is 4.79 Å². The molecule has 1 atom stereocenters. The van der Waals surface area contributed by atoms with E-state index in [4.69, 9.17) is 0 Å². The van der Waals surface area contributed by atoms with Crippen LogP contribution >= 0.6 is 11.3 Å². The zero-order valence-corrected chi connectivity index (χ0v) is 12.5. The van der Waals surface area contributed by atoms with Crippen LogP contribution in [0.5, 0.6) is 0 Å². The molecule has 5 heteroatoms. The quantitative estimate of drug-likeness (QED) is 0.847. The van der Waals surface area contributed by atoms with E-state index in [0.717, 1.165) is 10.9 Å². The Hall–Kier alpha value is -1.88. The molecule has 20 heavy (non-hydrogen) atoms. The van der Waals surface area contributed by atoms with E-state index in [-0.39, 0.29) is 11.4 Å². The van der Waals surface area contributed by atoms with Crippen LogP contribution in [0, 0.1) is 0 Å². The number of carbonyl (C=O) groups excluding carboxylic acids is 1. The molecule has 2 N–H and O–H groups in total. The lowest BCUT2D eigenvalue weighted by Crippen LogP contribution is -2.46. The van der Waals surface area contributed by atoms with E-state index < -0.39 is 6.04 Å². The molecule has 1 aliphatic heterocycles. The molecule has 2 aromatic rings. The third-order valence-electron chi connectivity index (χ3n) is 3.05. The topological polar surface area (TPSA) is 53.5 Å². The van der Waals surface area contributed by atoms with Crippen LogP contribution in [0.15, 0.2) is 34.6 Å². The first-order chi connectivity index (χ1) is 9.44. The van der Waals surface area contributed by atoms with Gasteiger partial charge in [0.15, 0.2) is 12.0 Å². The number of nitrogens with one attached hydrogen (secondary N) is 2. The van der Waals surface area contributed by atoms with E-state index in [0.29, 0.717) is 5.96 Å². The number of guanidine groups is 1. The van der Waals surface area contributed by atoms with Gasteiger partial charge in [-0.3, -0.25) is 10.1 Å². The highest BCUT2D eigenvalue weighted by Gasteiger charge is 2.31. The Bertz CT molecular complexity index is 696. The van der Waals surface area contributed by atoms with Gasteiger partial charge in [0.25, 0.3) is 5.91 Å². The maximum atomic E-state index is 12.2. The van der Waals surface area contributed by atoms with Crippen LogP contribution in [0.1, 0.15) is 32.4 Å². The van der Waals surface area contributed by atoms with Crippen LogP contribution in [-0.4, -0.2) is 17.4 Å². The second kappa shape index (κ2) is 4.59. The summed E-state index contributed by atoms with van der Waals surface area (Å²) < 4.78 is 1.18. The van der Waals surface area contributed by atoms with Crippen molar-refractivity contribution in [2.75, 3.05) is 0 Å². The number of carbonyl (C=O) groups is 1. The number of rotatable bonds is 1. The van der Waals surface area contributed by atoms with Crippen molar-refractivity contribution in [3.05, 3.63) is 35.2 Å². The van der Waals surface area contributed by atoms with E-state index >= 15 is 0 Å². The van der Waals surface area contributed by atoms with Gasteiger partial charge in [-0.2, -0.15) is 0 Å². The minimum atomic E-state index is -0.448. The Kier molecular flexibility index (Phi) is 3.01. The van der Waals surface area contributed by atoms with Gasteiger partial charge in [0, 0.05) is 15.8 Å². The number of hydrogen-bond donors (Lipinski definition) is 2. The minimum absolute atomic E-state index is 0.0692. The van der Waals surface area contributed by atoms with Crippen LogP contribution in [0.4, 0.5) is 0 Å². The van der Waals surface area contributed by atoms with Crippen LogP contribution in [0.2, 0.25) is 0 Å². The Morgan fingerprint density at radius 3 is 2.80 bits per heavy atom. The highest BCUT2D eigenvalue weighted by molar-refractivity contribution is 7.17. The highest BCUT2D eigenvalue weighted by atomic mass is 32.1. The molecule has 2 heterocycles. The smallest absolute Gasteiger partial charge is 0.256 e. The van der Waals surface area contributed by atoms with Crippen LogP contribution < -0.4 is 10.6 Å². The summed E-state index contributed by atoms with van der Waals surface area (Å²) in [6, 6.07) is 7.65. The summed E-state index contributed by atoms with van der Waals surface area (Å²) in [4.78, 5) is 16.7. The maximum Gasteiger partial charge on any atom is 0.256 e. The number of fused-ring (bicyclic) bond motifs is 1. The molecule has 1 unspecified atom stereocenters. The lowest BCUT2D eigenvalue weighted by atomic mass is 10.1. The Morgan fingerprint density at radius 2 is 2.05 bits per heavy atom. The monoisotopic (exact) mass is 287 g/mol. The van der Waals surface area contributed by atoms with E-state index in [1.807, 2.05) is 44.4 Å². The number of hydrogen-bond acceptors (Lipinski definition) is 4. The average Bonchev–Trinajstić information content (AvgIpc) is 2.90. The third kappa shape index (κ3) is 2.41. The van der Waals surface area contributed by atoms with Gasteiger partial charge in [-0.1, -0.05) is 18.2 Å². The number of thiophene rings is 1. The normalized spacial score (nSPS) is 19.1. The van der Waals surface area contributed by atoms with Crippen molar-refractivity contribution in [2.24, 2.45) is 4.99 Å². The summed E-state index contributed by atoms with van der Waals surface area (Å²) in [5, 5.41) is 9.16. The number of aliphatic imine (C=N–C) groups is 1. The van der Waals surface area contributed by atoms with E-state index in [1.54, 1.807) is 11.3 Å². The van der Waals surface area contributed by atoms with Crippen LogP contribution in [0.25, 0.3) is 10.1 Å². The SMILES string of the molecule is CC(C)(C)NC1=NC(c2csc3ccccc23)C(=O)N1. The Balaban J connectivity index is 1.96. The lowest BCUT2D eigenvalue weighted by molar-refractivity contribution is -0.120. The molecule has 1 aliphatic rings. The standard InChI is InChI=1S/C15H17N3OS/c1-15(2,3)18-14-16-12(13(19)17-14)10-8-20-11-7-5-4-6-9(10)11/h4-8,12H,1-3H3,(H2,16,17,18,19). The fraction of sp³-hybridized carbons (Fsp3) is 0.333. The summed E-state index contributed by atoms with van der Waals surface area (Å²) in [6.07, 6.45) is 0. The second-order valence-corrected chi connectivity index (χ2v) is 6.84. The Labute approximate surface area is 121 Å². The molecule has 104 valence electrons. The van der Waals surface area contributed by atoms with E-state index in [1.165, 1.54) is 4.70 Å². The highest BCUT2D eigenvalue weighted by Crippen LogP contribution is 2.33. The molecular weight excluding hydrogens is 270 g/mol. The minimum Gasteiger partial charge on any atom is -0.351 e. The van der Waals surface area contributed by atoms with Crippen molar-refractivity contribution >= 4 is 33.3 Å². The average molecular weight is 287 g/mol. The zero-order chi connectivity index (χ0) is 14.3. The van der Waals surface area contributed by atoms with Gasteiger partial charge in [-0.05, 0) is 37.6 Å². The predicted molar refractivity (Wildman–Crippen MR) is 83.0 cm³/mol. The summed E-state index contributed by atoms with van der Waals surface area (Å²) in [7, 11) is 0. The molecule has 1 aromatic heterocycles. The molecule has 0 bridgehead atoms. The summed E-state index contributed by atoms with van der Waals surface area (Å²) in [6.45, 7) is 6.11.